The molecule has 4 nitrogen and oxygen atoms in total. The fraction of sp³-hybridized carbons (Fsp3) is 0.167. The Morgan fingerprint density at radius 1 is 1.04 bits per heavy atom. The maximum absolute atomic E-state index is 12.7. The minimum absolute atomic E-state index is 0.192. The van der Waals surface area contributed by atoms with Gasteiger partial charge in [-0.25, -0.2) is 4.39 Å². The van der Waals surface area contributed by atoms with Gasteiger partial charge in [0, 0.05) is 5.56 Å². The first-order valence-corrected chi connectivity index (χ1v) is 7.19. The lowest BCUT2D eigenvalue weighted by Crippen LogP contribution is -2.28. The average Bonchev–Trinajstić information content (AvgIpc) is 2.58. The van der Waals surface area contributed by atoms with Crippen LogP contribution in [0.25, 0.3) is 0 Å². The van der Waals surface area contributed by atoms with Crippen molar-refractivity contribution in [3.05, 3.63) is 72.6 Å². The summed E-state index contributed by atoms with van der Waals surface area (Å²) in [6.07, 6.45) is 1.65. The first-order chi connectivity index (χ1) is 11.2. The summed E-state index contributed by atoms with van der Waals surface area (Å²) in [5, 5.41) is 2.75. The highest BCUT2D eigenvalue weighted by atomic mass is 19.1. The standard InChI is InChI=1S/C18H18FNO3/c1-2-12-22-16-7-3-14(4-8-16)18(21)20-11-13-23-17-9-5-15(19)6-10-17/h2-10H,1,11-13H2,(H,20,21). The second kappa shape index (κ2) is 8.58. The molecular weight excluding hydrogens is 297 g/mol. The lowest BCUT2D eigenvalue weighted by Gasteiger charge is -2.08. The number of benzene rings is 2. The number of carbonyl (C=O) groups is 1. The smallest absolute Gasteiger partial charge is 0.251 e. The Labute approximate surface area is 134 Å². The Hall–Kier alpha value is -2.82. The lowest BCUT2D eigenvalue weighted by molar-refractivity contribution is 0.0947. The van der Waals surface area contributed by atoms with Gasteiger partial charge in [0.15, 0.2) is 0 Å². The Balaban J connectivity index is 1.73. The number of carbonyl (C=O) groups excluding carboxylic acids is 1. The summed E-state index contributed by atoms with van der Waals surface area (Å²) in [5.74, 6) is 0.736. The lowest BCUT2D eigenvalue weighted by atomic mass is 10.2. The molecule has 0 spiro atoms. The molecule has 0 aliphatic carbocycles. The van der Waals surface area contributed by atoms with E-state index in [1.54, 1.807) is 42.5 Å². The molecule has 0 bridgehead atoms. The van der Waals surface area contributed by atoms with Gasteiger partial charge in [-0.3, -0.25) is 4.79 Å². The molecule has 2 aromatic rings. The molecule has 0 heterocycles. The van der Waals surface area contributed by atoms with Gasteiger partial charge >= 0.3 is 0 Å². The van der Waals surface area contributed by atoms with Crippen molar-refractivity contribution in [2.45, 2.75) is 0 Å². The van der Waals surface area contributed by atoms with Crippen molar-refractivity contribution in [2.24, 2.45) is 0 Å². The van der Waals surface area contributed by atoms with Crippen LogP contribution in [0.15, 0.2) is 61.2 Å². The molecule has 5 heteroatoms. The van der Waals surface area contributed by atoms with Gasteiger partial charge in [0.2, 0.25) is 0 Å². The van der Waals surface area contributed by atoms with Crippen molar-refractivity contribution in [1.29, 1.82) is 0 Å². The molecule has 0 saturated carbocycles. The van der Waals surface area contributed by atoms with Gasteiger partial charge in [-0.15, -0.1) is 0 Å². The minimum atomic E-state index is -0.314. The molecule has 120 valence electrons. The van der Waals surface area contributed by atoms with Crippen LogP contribution in [0.3, 0.4) is 0 Å². The van der Waals surface area contributed by atoms with E-state index in [1.807, 2.05) is 0 Å². The van der Waals surface area contributed by atoms with Gasteiger partial charge in [0.05, 0.1) is 6.54 Å². The monoisotopic (exact) mass is 315 g/mol. The van der Waals surface area contributed by atoms with Crippen LogP contribution in [-0.2, 0) is 0 Å². The van der Waals surface area contributed by atoms with Crippen LogP contribution in [0.5, 0.6) is 11.5 Å². The van der Waals surface area contributed by atoms with E-state index in [-0.39, 0.29) is 11.7 Å². The van der Waals surface area contributed by atoms with Gasteiger partial charge in [0.25, 0.3) is 5.91 Å². The number of hydrogen-bond acceptors (Lipinski definition) is 3. The van der Waals surface area contributed by atoms with E-state index in [0.29, 0.717) is 36.8 Å². The number of ether oxygens (including phenoxy) is 2. The van der Waals surface area contributed by atoms with E-state index >= 15 is 0 Å². The summed E-state index contributed by atoms with van der Waals surface area (Å²) in [5.41, 5.74) is 0.540. The molecular formula is C18H18FNO3. The summed E-state index contributed by atoms with van der Waals surface area (Å²) in [4.78, 5) is 12.0. The number of nitrogens with one attached hydrogen (secondary N) is 1. The van der Waals surface area contributed by atoms with Crippen molar-refractivity contribution in [3.8, 4) is 11.5 Å². The largest absolute Gasteiger partial charge is 0.492 e. The molecule has 0 radical (unpaired) electrons. The molecule has 1 N–H and O–H groups in total. The summed E-state index contributed by atoms with van der Waals surface area (Å²) in [6, 6.07) is 12.6. The van der Waals surface area contributed by atoms with Crippen molar-refractivity contribution < 1.29 is 18.7 Å². The van der Waals surface area contributed by atoms with Crippen molar-refractivity contribution >= 4 is 5.91 Å². The molecule has 23 heavy (non-hydrogen) atoms. The van der Waals surface area contributed by atoms with Crippen LogP contribution in [0, 0.1) is 5.82 Å². The van der Waals surface area contributed by atoms with E-state index in [1.165, 1.54) is 12.1 Å². The summed E-state index contributed by atoms with van der Waals surface area (Å²) >= 11 is 0. The predicted molar refractivity (Wildman–Crippen MR) is 86.4 cm³/mol. The normalized spacial score (nSPS) is 9.96. The van der Waals surface area contributed by atoms with Crippen LogP contribution in [0.4, 0.5) is 4.39 Å². The maximum atomic E-state index is 12.7. The first-order valence-electron chi connectivity index (χ1n) is 7.19. The third-order valence-electron chi connectivity index (χ3n) is 2.95. The van der Waals surface area contributed by atoms with Gasteiger partial charge in [0.1, 0.15) is 30.5 Å². The second-order valence-electron chi connectivity index (χ2n) is 4.68. The second-order valence-corrected chi connectivity index (χ2v) is 4.68. The predicted octanol–water partition coefficient (Wildman–Crippen LogP) is 3.20. The van der Waals surface area contributed by atoms with Crippen LogP contribution in [0.2, 0.25) is 0 Å². The highest BCUT2D eigenvalue weighted by molar-refractivity contribution is 5.94. The Kier molecular flexibility index (Phi) is 6.17. The molecule has 2 aromatic carbocycles. The Morgan fingerprint density at radius 3 is 2.30 bits per heavy atom. The molecule has 0 saturated heterocycles. The zero-order valence-corrected chi connectivity index (χ0v) is 12.6. The van der Waals surface area contributed by atoms with Crippen LogP contribution < -0.4 is 14.8 Å². The topological polar surface area (TPSA) is 47.6 Å². The van der Waals surface area contributed by atoms with Crippen molar-refractivity contribution in [1.82, 2.24) is 5.32 Å². The number of rotatable bonds is 8. The fourth-order valence-corrected chi connectivity index (χ4v) is 1.82. The molecule has 0 aromatic heterocycles. The van der Waals surface area contributed by atoms with Crippen LogP contribution in [0.1, 0.15) is 10.4 Å². The number of halogens is 1. The van der Waals surface area contributed by atoms with E-state index in [9.17, 15) is 9.18 Å². The summed E-state index contributed by atoms with van der Waals surface area (Å²) in [7, 11) is 0. The molecule has 1 amide bonds. The first kappa shape index (κ1) is 16.5. The third-order valence-corrected chi connectivity index (χ3v) is 2.95. The third kappa shape index (κ3) is 5.47. The summed E-state index contributed by atoms with van der Waals surface area (Å²) < 4.78 is 23.5. The molecule has 2 rings (SSSR count). The van der Waals surface area contributed by atoms with E-state index in [2.05, 4.69) is 11.9 Å². The minimum Gasteiger partial charge on any atom is -0.492 e. The zero-order chi connectivity index (χ0) is 16.5. The van der Waals surface area contributed by atoms with Crippen molar-refractivity contribution in [3.63, 3.8) is 0 Å². The van der Waals surface area contributed by atoms with E-state index in [0.717, 1.165) is 0 Å². The quantitative estimate of drug-likeness (QED) is 0.601. The van der Waals surface area contributed by atoms with Gasteiger partial charge < -0.3 is 14.8 Å². The average molecular weight is 315 g/mol. The van der Waals surface area contributed by atoms with E-state index < -0.39 is 0 Å². The van der Waals surface area contributed by atoms with Crippen molar-refractivity contribution in [2.75, 3.05) is 19.8 Å². The number of amides is 1. The van der Waals surface area contributed by atoms with Gasteiger partial charge in [-0.05, 0) is 48.5 Å². The SMILES string of the molecule is C=CCOc1ccc(C(=O)NCCOc2ccc(F)cc2)cc1. The highest BCUT2D eigenvalue weighted by Crippen LogP contribution is 2.12. The Morgan fingerprint density at radius 2 is 1.65 bits per heavy atom. The molecule has 0 aliphatic heterocycles. The molecule has 0 fully saturated rings. The highest BCUT2D eigenvalue weighted by Gasteiger charge is 2.05. The van der Waals surface area contributed by atoms with Gasteiger partial charge in [-0.1, -0.05) is 12.7 Å². The van der Waals surface area contributed by atoms with Gasteiger partial charge in [-0.2, -0.15) is 0 Å². The van der Waals surface area contributed by atoms with Crippen LogP contribution in [-0.4, -0.2) is 25.7 Å². The Bertz CT molecular complexity index is 638. The molecule has 0 aliphatic rings. The van der Waals surface area contributed by atoms with E-state index in [4.69, 9.17) is 9.47 Å². The summed E-state index contributed by atoms with van der Waals surface area (Å²) in [6.45, 7) is 4.65. The maximum Gasteiger partial charge on any atom is 0.251 e. The molecule has 0 unspecified atom stereocenters. The fourth-order valence-electron chi connectivity index (χ4n) is 1.82. The van der Waals surface area contributed by atoms with Crippen LogP contribution >= 0.6 is 0 Å². The zero-order valence-electron chi connectivity index (χ0n) is 12.6. The number of hydrogen-bond donors (Lipinski definition) is 1. The molecule has 0 atom stereocenters.